The fraction of sp³-hybridized carbons (Fsp3) is 0.370. The highest BCUT2D eigenvalue weighted by Crippen LogP contribution is 2.28. The van der Waals surface area contributed by atoms with Crippen molar-refractivity contribution in [1.82, 2.24) is 19.6 Å². The van der Waals surface area contributed by atoms with Crippen molar-refractivity contribution in [3.05, 3.63) is 93.4 Å². The molecule has 7 heteroatoms. The van der Waals surface area contributed by atoms with Gasteiger partial charge in [-0.25, -0.2) is 9.50 Å². The molecule has 2 aromatic carbocycles. The zero-order valence-electron chi connectivity index (χ0n) is 20.2. The molecule has 1 N–H and O–H groups in total. The van der Waals surface area contributed by atoms with Gasteiger partial charge in [0, 0.05) is 19.4 Å². The van der Waals surface area contributed by atoms with Gasteiger partial charge in [-0.15, -0.1) is 0 Å². The number of aryl methyl sites for hydroxylation is 2. The highest BCUT2D eigenvalue weighted by atomic mass is 16.5. The molecule has 2 aromatic heterocycles. The zero-order chi connectivity index (χ0) is 24.1. The van der Waals surface area contributed by atoms with E-state index in [2.05, 4.69) is 36.2 Å². The van der Waals surface area contributed by atoms with E-state index in [9.17, 15) is 4.79 Å². The maximum absolute atomic E-state index is 13.0. The topological polar surface area (TPSA) is 81.5 Å². The minimum Gasteiger partial charge on any atom is -0.497 e. The molecule has 0 aliphatic heterocycles. The molecule has 2 atom stereocenters. The van der Waals surface area contributed by atoms with Gasteiger partial charge in [0.1, 0.15) is 17.4 Å². The largest absolute Gasteiger partial charge is 0.497 e. The van der Waals surface area contributed by atoms with Crippen LogP contribution < -0.4 is 10.3 Å². The Morgan fingerprint density at radius 1 is 1.03 bits per heavy atom. The van der Waals surface area contributed by atoms with Crippen molar-refractivity contribution in [2.45, 2.75) is 51.6 Å². The number of aromatic nitrogens is 4. The van der Waals surface area contributed by atoms with Crippen molar-refractivity contribution in [2.75, 3.05) is 14.2 Å². The second-order valence-corrected chi connectivity index (χ2v) is 8.67. The molecule has 7 nitrogen and oxygen atoms in total. The number of imidazole rings is 1. The van der Waals surface area contributed by atoms with E-state index in [0.29, 0.717) is 23.5 Å². The minimum absolute atomic E-state index is 0.0121. The van der Waals surface area contributed by atoms with Crippen LogP contribution in [0.3, 0.4) is 0 Å². The lowest BCUT2D eigenvalue weighted by Gasteiger charge is -2.21. The van der Waals surface area contributed by atoms with E-state index in [1.807, 2.05) is 37.3 Å². The van der Waals surface area contributed by atoms with Crippen LogP contribution in [0.25, 0.3) is 5.52 Å². The van der Waals surface area contributed by atoms with Crippen molar-refractivity contribution >= 4 is 5.52 Å². The van der Waals surface area contributed by atoms with Crippen molar-refractivity contribution in [3.63, 3.8) is 0 Å². The third-order valence-corrected chi connectivity index (χ3v) is 6.37. The Morgan fingerprint density at radius 2 is 1.76 bits per heavy atom. The van der Waals surface area contributed by atoms with E-state index >= 15 is 0 Å². The zero-order valence-corrected chi connectivity index (χ0v) is 20.2. The molecule has 0 fully saturated rings. The van der Waals surface area contributed by atoms with Gasteiger partial charge in [0.25, 0.3) is 5.56 Å². The first-order valence-corrected chi connectivity index (χ1v) is 11.7. The number of H-pyrrole nitrogens is 1. The summed E-state index contributed by atoms with van der Waals surface area (Å²) in [5, 5.41) is 4.81. The van der Waals surface area contributed by atoms with Crippen LogP contribution in [-0.4, -0.2) is 39.9 Å². The SMILES string of the molecule is COc1ccc(Cc2nn3c(C(CCCc4ccccc4)C(C)OC)nc(C)c3c(=O)[nH]2)cc1. The first-order valence-electron chi connectivity index (χ1n) is 11.7. The van der Waals surface area contributed by atoms with Crippen molar-refractivity contribution in [3.8, 4) is 5.75 Å². The Balaban J connectivity index is 1.65. The molecule has 0 aliphatic rings. The van der Waals surface area contributed by atoms with Gasteiger partial charge in [-0.3, -0.25) is 4.79 Å². The first-order chi connectivity index (χ1) is 16.5. The number of fused-ring (bicyclic) bond motifs is 1. The molecule has 0 bridgehead atoms. The molecule has 4 rings (SSSR count). The molecule has 0 saturated heterocycles. The maximum atomic E-state index is 13.0. The molecule has 0 saturated carbocycles. The number of nitrogens with zero attached hydrogens (tertiary/aromatic N) is 3. The second-order valence-electron chi connectivity index (χ2n) is 8.67. The predicted molar refractivity (Wildman–Crippen MR) is 133 cm³/mol. The van der Waals surface area contributed by atoms with Gasteiger partial charge in [-0.1, -0.05) is 42.5 Å². The van der Waals surface area contributed by atoms with E-state index in [1.165, 1.54) is 5.56 Å². The van der Waals surface area contributed by atoms with Gasteiger partial charge in [-0.2, -0.15) is 5.10 Å². The van der Waals surface area contributed by atoms with Gasteiger partial charge in [0.15, 0.2) is 5.52 Å². The van der Waals surface area contributed by atoms with Gasteiger partial charge in [-0.05, 0) is 56.4 Å². The summed E-state index contributed by atoms with van der Waals surface area (Å²) in [6.07, 6.45) is 3.28. The highest BCUT2D eigenvalue weighted by molar-refractivity contribution is 5.50. The van der Waals surface area contributed by atoms with Crippen LogP contribution in [0.1, 0.15) is 54.2 Å². The molecular formula is C27H32N4O3. The molecule has 0 radical (unpaired) electrons. The molecule has 2 unspecified atom stereocenters. The van der Waals surface area contributed by atoms with Gasteiger partial charge < -0.3 is 14.5 Å². The Kier molecular flexibility index (Phi) is 7.43. The molecule has 0 spiro atoms. The fourth-order valence-corrected chi connectivity index (χ4v) is 4.40. The quantitative estimate of drug-likeness (QED) is 0.378. The monoisotopic (exact) mass is 460 g/mol. The van der Waals surface area contributed by atoms with Crippen LogP contribution in [-0.2, 0) is 17.6 Å². The summed E-state index contributed by atoms with van der Waals surface area (Å²) in [5.41, 5.74) is 3.34. The number of ether oxygens (including phenoxy) is 2. The summed E-state index contributed by atoms with van der Waals surface area (Å²) in [6.45, 7) is 3.91. The number of nitrogens with one attached hydrogen (secondary N) is 1. The Labute approximate surface area is 199 Å². The van der Waals surface area contributed by atoms with E-state index in [1.54, 1.807) is 18.7 Å². The van der Waals surface area contributed by atoms with Crippen molar-refractivity contribution < 1.29 is 9.47 Å². The van der Waals surface area contributed by atoms with E-state index in [-0.39, 0.29) is 17.6 Å². The van der Waals surface area contributed by atoms with Gasteiger partial charge in [0.05, 0.1) is 18.9 Å². The Bertz CT molecular complexity index is 1280. The van der Waals surface area contributed by atoms with Crippen LogP contribution in [0.2, 0.25) is 0 Å². The summed E-state index contributed by atoms with van der Waals surface area (Å²) in [5.74, 6) is 2.17. The van der Waals surface area contributed by atoms with Crippen LogP contribution in [0.5, 0.6) is 5.75 Å². The molecule has 4 aromatic rings. The Morgan fingerprint density at radius 3 is 2.44 bits per heavy atom. The summed E-state index contributed by atoms with van der Waals surface area (Å²) in [6, 6.07) is 18.2. The standard InChI is InChI=1S/C27H32N4O3/c1-18-25-27(32)29-24(17-21-13-15-22(34-4)16-14-21)30-31(25)26(28-18)23(19(2)33-3)12-8-11-20-9-6-5-7-10-20/h5-7,9-10,13-16,19,23H,8,11-12,17H2,1-4H3,(H,29,30,32). The molecule has 178 valence electrons. The molecule has 2 heterocycles. The normalized spacial score (nSPS) is 13.2. The lowest BCUT2D eigenvalue weighted by molar-refractivity contribution is 0.0872. The van der Waals surface area contributed by atoms with E-state index in [0.717, 1.165) is 36.4 Å². The summed E-state index contributed by atoms with van der Waals surface area (Å²) in [4.78, 5) is 20.7. The Hall–Kier alpha value is -3.45. The van der Waals surface area contributed by atoms with Crippen molar-refractivity contribution in [2.24, 2.45) is 0 Å². The predicted octanol–water partition coefficient (Wildman–Crippen LogP) is 4.47. The molecular weight excluding hydrogens is 428 g/mol. The summed E-state index contributed by atoms with van der Waals surface area (Å²) >= 11 is 0. The van der Waals surface area contributed by atoms with Crippen molar-refractivity contribution in [1.29, 1.82) is 0 Å². The average Bonchev–Trinajstić information content (AvgIpc) is 3.18. The first kappa shape index (κ1) is 23.7. The number of hydrogen-bond acceptors (Lipinski definition) is 5. The molecule has 34 heavy (non-hydrogen) atoms. The van der Waals surface area contributed by atoms with Crippen LogP contribution >= 0.6 is 0 Å². The van der Waals surface area contributed by atoms with E-state index in [4.69, 9.17) is 19.6 Å². The number of aromatic amines is 1. The third-order valence-electron chi connectivity index (χ3n) is 6.37. The minimum atomic E-state index is -0.178. The smallest absolute Gasteiger partial charge is 0.277 e. The lowest BCUT2D eigenvalue weighted by Crippen LogP contribution is -2.23. The lowest BCUT2D eigenvalue weighted by atomic mass is 9.94. The maximum Gasteiger partial charge on any atom is 0.277 e. The number of rotatable bonds is 10. The van der Waals surface area contributed by atoms with Gasteiger partial charge >= 0.3 is 0 Å². The fourth-order valence-electron chi connectivity index (χ4n) is 4.40. The number of hydrogen-bond donors (Lipinski definition) is 1. The number of methoxy groups -OCH3 is 2. The third kappa shape index (κ3) is 5.20. The van der Waals surface area contributed by atoms with Gasteiger partial charge in [0.2, 0.25) is 0 Å². The highest BCUT2D eigenvalue weighted by Gasteiger charge is 2.26. The van der Waals surface area contributed by atoms with Crippen LogP contribution in [0.4, 0.5) is 0 Å². The van der Waals surface area contributed by atoms with Crippen LogP contribution in [0, 0.1) is 6.92 Å². The van der Waals surface area contributed by atoms with Crippen LogP contribution in [0.15, 0.2) is 59.4 Å². The van der Waals surface area contributed by atoms with E-state index < -0.39 is 0 Å². The second kappa shape index (κ2) is 10.7. The summed E-state index contributed by atoms with van der Waals surface area (Å²) in [7, 11) is 3.36. The molecule has 0 aliphatic carbocycles. The summed E-state index contributed by atoms with van der Waals surface area (Å²) < 4.78 is 12.7. The molecule has 0 amide bonds. The number of benzene rings is 2. The average molecular weight is 461 g/mol.